The molecule has 0 aliphatic carbocycles. The zero-order valence-electron chi connectivity index (χ0n) is 24.1. The lowest BCUT2D eigenvalue weighted by molar-refractivity contribution is 1.13. The molecule has 0 aliphatic rings. The molecule has 0 aliphatic heterocycles. The molecule has 0 fully saturated rings. The zero-order valence-corrected chi connectivity index (χ0v) is 24.1. The van der Waals surface area contributed by atoms with Crippen LogP contribution in [0.3, 0.4) is 0 Å². The lowest BCUT2D eigenvalue weighted by Crippen LogP contribution is -1.95. The Morgan fingerprint density at radius 3 is 1.68 bits per heavy atom. The highest BCUT2D eigenvalue weighted by Crippen LogP contribution is 2.39. The highest BCUT2D eigenvalue weighted by atomic mass is 15.0. The molecule has 2 heteroatoms. The smallest absolute Gasteiger partial charge is 0.0619 e. The van der Waals surface area contributed by atoms with Gasteiger partial charge in [0.2, 0.25) is 0 Å². The molecule has 0 saturated heterocycles. The van der Waals surface area contributed by atoms with Crippen LogP contribution in [-0.2, 0) is 0 Å². The van der Waals surface area contributed by atoms with Gasteiger partial charge in [-0.25, -0.2) is 0 Å². The molecule has 7 aromatic carbocycles. The van der Waals surface area contributed by atoms with E-state index in [0.29, 0.717) is 0 Å². The average Bonchev–Trinajstić information content (AvgIpc) is 3.67. The summed E-state index contributed by atoms with van der Waals surface area (Å²) >= 11 is 0. The van der Waals surface area contributed by atoms with E-state index in [2.05, 4.69) is 179 Å². The molecule has 9 rings (SSSR count). The van der Waals surface area contributed by atoms with Crippen molar-refractivity contribution in [1.29, 1.82) is 0 Å². The zero-order chi connectivity index (χ0) is 29.0. The number of aromatic nitrogens is 2. The quantitative estimate of drug-likeness (QED) is 0.203. The molecule has 9 aromatic rings. The Balaban J connectivity index is 1.30. The maximum atomic E-state index is 2.42. The number of rotatable bonds is 4. The van der Waals surface area contributed by atoms with Crippen LogP contribution in [-0.4, -0.2) is 9.13 Å². The van der Waals surface area contributed by atoms with Gasteiger partial charge in [-0.15, -0.1) is 0 Å². The minimum absolute atomic E-state index is 1.15. The van der Waals surface area contributed by atoms with Crippen molar-refractivity contribution in [3.05, 3.63) is 170 Å². The average molecular weight is 561 g/mol. The van der Waals surface area contributed by atoms with Gasteiger partial charge in [-0.1, -0.05) is 109 Å². The molecule has 0 bridgehead atoms. The predicted molar refractivity (Wildman–Crippen MR) is 186 cm³/mol. The minimum atomic E-state index is 1.15. The van der Waals surface area contributed by atoms with Gasteiger partial charge in [0, 0.05) is 39.1 Å². The number of hydrogen-bond acceptors (Lipinski definition) is 0. The van der Waals surface area contributed by atoms with Crippen LogP contribution in [0.4, 0.5) is 0 Å². The van der Waals surface area contributed by atoms with E-state index < -0.39 is 0 Å². The van der Waals surface area contributed by atoms with Crippen LogP contribution in [0.15, 0.2) is 170 Å². The van der Waals surface area contributed by atoms with Crippen LogP contribution in [0.2, 0.25) is 0 Å². The van der Waals surface area contributed by atoms with E-state index in [1.807, 2.05) is 0 Å². The molecule has 2 nitrogen and oxygen atoms in total. The van der Waals surface area contributed by atoms with E-state index in [4.69, 9.17) is 0 Å². The summed E-state index contributed by atoms with van der Waals surface area (Å²) in [7, 11) is 0. The number of hydrogen-bond donors (Lipinski definition) is 0. The van der Waals surface area contributed by atoms with Gasteiger partial charge in [0.25, 0.3) is 0 Å². The lowest BCUT2D eigenvalue weighted by Gasteiger charge is -2.14. The number of nitrogens with zero attached hydrogens (tertiary/aromatic N) is 2. The Labute approximate surface area is 255 Å². The molecule has 0 saturated carbocycles. The van der Waals surface area contributed by atoms with Crippen LogP contribution in [0.5, 0.6) is 0 Å². The Hall–Kier alpha value is -5.86. The Kier molecular flexibility index (Phi) is 5.54. The molecular formula is C42H28N2. The second kappa shape index (κ2) is 9.86. The molecule has 44 heavy (non-hydrogen) atoms. The van der Waals surface area contributed by atoms with E-state index in [-0.39, 0.29) is 0 Å². The summed E-state index contributed by atoms with van der Waals surface area (Å²) < 4.78 is 4.76. The SMILES string of the molecule is c1ccc(-c2cc(-c3ccccc3)cc(-n3ccc4cc5c(ccc6c7ccccc7n(-c7ccccc7)c56)cc43)c2)cc1. The van der Waals surface area contributed by atoms with Crippen LogP contribution in [0, 0.1) is 0 Å². The summed E-state index contributed by atoms with van der Waals surface area (Å²) in [5.74, 6) is 0. The summed E-state index contributed by atoms with van der Waals surface area (Å²) in [6.45, 7) is 0. The molecular weight excluding hydrogens is 532 g/mol. The first-order valence-corrected chi connectivity index (χ1v) is 15.1. The summed E-state index contributed by atoms with van der Waals surface area (Å²) in [5, 5.41) is 6.26. The fourth-order valence-electron chi connectivity index (χ4n) is 6.83. The molecule has 2 heterocycles. The van der Waals surface area contributed by atoms with E-state index >= 15 is 0 Å². The highest BCUT2D eigenvalue weighted by Gasteiger charge is 2.16. The van der Waals surface area contributed by atoms with Gasteiger partial charge in [0.1, 0.15) is 0 Å². The molecule has 0 amide bonds. The van der Waals surface area contributed by atoms with Crippen molar-refractivity contribution in [3.63, 3.8) is 0 Å². The lowest BCUT2D eigenvalue weighted by atomic mass is 9.98. The van der Waals surface area contributed by atoms with Crippen molar-refractivity contribution in [2.24, 2.45) is 0 Å². The monoisotopic (exact) mass is 560 g/mol. The fourth-order valence-corrected chi connectivity index (χ4v) is 6.83. The van der Waals surface area contributed by atoms with Crippen molar-refractivity contribution in [1.82, 2.24) is 9.13 Å². The van der Waals surface area contributed by atoms with Crippen LogP contribution >= 0.6 is 0 Å². The van der Waals surface area contributed by atoms with Gasteiger partial charge in [0.15, 0.2) is 0 Å². The molecule has 206 valence electrons. The highest BCUT2D eigenvalue weighted by molar-refractivity contribution is 6.20. The largest absolute Gasteiger partial charge is 0.316 e. The standard InChI is InChI=1S/C42H28N2/c1-4-12-29(13-5-1)33-24-34(30-14-6-2-7-15-30)26-36(25-33)43-23-22-32-27-39-31(28-41(32)43)20-21-38-37-18-10-11-19-40(37)44(42(38)39)35-16-8-3-9-17-35/h1-28H. The maximum Gasteiger partial charge on any atom is 0.0619 e. The Bertz CT molecular complexity index is 2410. The summed E-state index contributed by atoms with van der Waals surface area (Å²) in [4.78, 5) is 0. The molecule has 0 atom stereocenters. The fraction of sp³-hybridized carbons (Fsp3) is 0. The third kappa shape index (κ3) is 3.89. The van der Waals surface area contributed by atoms with Crippen LogP contribution < -0.4 is 0 Å². The van der Waals surface area contributed by atoms with Crippen molar-refractivity contribution in [3.8, 4) is 33.6 Å². The van der Waals surface area contributed by atoms with E-state index in [0.717, 1.165) is 5.69 Å². The summed E-state index contributed by atoms with van der Waals surface area (Å²) in [5.41, 5.74) is 10.8. The van der Waals surface area contributed by atoms with Crippen molar-refractivity contribution in [2.45, 2.75) is 0 Å². The molecule has 0 radical (unpaired) electrons. The van der Waals surface area contributed by atoms with Gasteiger partial charge >= 0.3 is 0 Å². The summed E-state index contributed by atoms with van der Waals surface area (Å²) in [6, 6.07) is 59.3. The first-order chi connectivity index (χ1) is 21.8. The normalized spacial score (nSPS) is 11.6. The number of para-hydroxylation sites is 2. The third-order valence-electron chi connectivity index (χ3n) is 8.88. The van der Waals surface area contributed by atoms with Gasteiger partial charge in [-0.2, -0.15) is 0 Å². The van der Waals surface area contributed by atoms with E-state index in [9.17, 15) is 0 Å². The van der Waals surface area contributed by atoms with Gasteiger partial charge in [0.05, 0.1) is 16.6 Å². The maximum absolute atomic E-state index is 2.42. The van der Waals surface area contributed by atoms with Crippen LogP contribution in [0.1, 0.15) is 0 Å². The number of fused-ring (bicyclic) bond motifs is 6. The van der Waals surface area contributed by atoms with Crippen molar-refractivity contribution in [2.75, 3.05) is 0 Å². The van der Waals surface area contributed by atoms with Gasteiger partial charge in [-0.05, 0) is 82.2 Å². The Morgan fingerprint density at radius 2 is 0.977 bits per heavy atom. The number of benzene rings is 7. The van der Waals surface area contributed by atoms with E-state index in [1.165, 1.54) is 71.4 Å². The van der Waals surface area contributed by atoms with Gasteiger partial charge in [-0.3, -0.25) is 0 Å². The first kappa shape index (κ1) is 24.7. The van der Waals surface area contributed by atoms with Crippen LogP contribution in [0.25, 0.3) is 77.1 Å². The second-order valence-electron chi connectivity index (χ2n) is 11.5. The third-order valence-corrected chi connectivity index (χ3v) is 8.88. The molecule has 0 unspecified atom stereocenters. The predicted octanol–water partition coefficient (Wildman–Crippen LogP) is 11.2. The van der Waals surface area contributed by atoms with Crippen molar-refractivity contribution >= 4 is 43.5 Å². The molecule has 0 N–H and O–H groups in total. The first-order valence-electron chi connectivity index (χ1n) is 15.1. The second-order valence-corrected chi connectivity index (χ2v) is 11.5. The van der Waals surface area contributed by atoms with Crippen molar-refractivity contribution < 1.29 is 0 Å². The molecule has 0 spiro atoms. The molecule has 2 aromatic heterocycles. The van der Waals surface area contributed by atoms with E-state index in [1.54, 1.807) is 0 Å². The topological polar surface area (TPSA) is 9.86 Å². The minimum Gasteiger partial charge on any atom is -0.316 e. The summed E-state index contributed by atoms with van der Waals surface area (Å²) in [6.07, 6.45) is 2.21. The van der Waals surface area contributed by atoms with Gasteiger partial charge < -0.3 is 9.13 Å². The Morgan fingerprint density at radius 1 is 0.341 bits per heavy atom.